The monoisotopic (exact) mass is 242 g/mol. The van der Waals surface area contributed by atoms with Crippen molar-refractivity contribution in [1.82, 2.24) is 5.32 Å². The van der Waals surface area contributed by atoms with Crippen molar-refractivity contribution in [3.05, 3.63) is 0 Å². The molecule has 0 aromatic heterocycles. The Labute approximate surface area is 104 Å². The minimum absolute atomic E-state index is 0.000483. The number of nitrogens with one attached hydrogen (secondary N) is 1. The number of ether oxygens (including phenoxy) is 1. The summed E-state index contributed by atoms with van der Waals surface area (Å²) < 4.78 is 5.58. The van der Waals surface area contributed by atoms with E-state index in [1.807, 2.05) is 0 Å². The largest absolute Gasteiger partial charge is 0.368 e. The summed E-state index contributed by atoms with van der Waals surface area (Å²) in [5.41, 5.74) is 5.81. The molecule has 1 amide bonds. The number of nitrogens with two attached hydrogens (primary N) is 1. The van der Waals surface area contributed by atoms with Gasteiger partial charge in [0.1, 0.15) is 6.61 Å². The lowest BCUT2D eigenvalue weighted by molar-refractivity contribution is -0.128. The van der Waals surface area contributed by atoms with Crippen molar-refractivity contribution in [2.45, 2.75) is 58.1 Å². The van der Waals surface area contributed by atoms with E-state index in [1.54, 1.807) is 0 Å². The third kappa shape index (κ3) is 6.64. The fourth-order valence-corrected chi connectivity index (χ4v) is 2.00. The molecule has 1 saturated carbocycles. The Bertz CT molecular complexity index is 223. The van der Waals surface area contributed by atoms with E-state index in [0.717, 1.165) is 38.6 Å². The van der Waals surface area contributed by atoms with Crippen LogP contribution < -0.4 is 11.1 Å². The van der Waals surface area contributed by atoms with Crippen LogP contribution in [0.25, 0.3) is 0 Å². The number of rotatable bonds is 6. The number of hydrogen-bond acceptors (Lipinski definition) is 3. The second-order valence-electron chi connectivity index (χ2n) is 5.38. The van der Waals surface area contributed by atoms with Crippen molar-refractivity contribution in [3.63, 3.8) is 0 Å². The van der Waals surface area contributed by atoms with Gasteiger partial charge >= 0.3 is 0 Å². The Morgan fingerprint density at radius 3 is 2.59 bits per heavy atom. The molecule has 4 heteroatoms. The van der Waals surface area contributed by atoms with Gasteiger partial charge in [0.15, 0.2) is 0 Å². The summed E-state index contributed by atoms with van der Waals surface area (Å²) in [7, 11) is 0. The standard InChI is InChI=1S/C13H26N2O2/c1-10(2)7-8-15-13(16)9-17-12-5-3-11(14)4-6-12/h10-12H,3-9,14H2,1-2H3,(H,15,16). The van der Waals surface area contributed by atoms with Crippen molar-refractivity contribution >= 4 is 5.91 Å². The van der Waals surface area contributed by atoms with Gasteiger partial charge in [-0.2, -0.15) is 0 Å². The van der Waals surface area contributed by atoms with Crippen LogP contribution in [0.5, 0.6) is 0 Å². The molecular weight excluding hydrogens is 216 g/mol. The van der Waals surface area contributed by atoms with Crippen molar-refractivity contribution < 1.29 is 9.53 Å². The van der Waals surface area contributed by atoms with Crippen molar-refractivity contribution in [3.8, 4) is 0 Å². The van der Waals surface area contributed by atoms with Crippen LogP contribution in [-0.4, -0.2) is 31.2 Å². The first-order valence-corrected chi connectivity index (χ1v) is 6.71. The highest BCUT2D eigenvalue weighted by Crippen LogP contribution is 2.19. The predicted molar refractivity (Wildman–Crippen MR) is 68.6 cm³/mol. The molecule has 1 aliphatic carbocycles. The van der Waals surface area contributed by atoms with Crippen LogP contribution in [0.15, 0.2) is 0 Å². The lowest BCUT2D eigenvalue weighted by Crippen LogP contribution is -2.34. The van der Waals surface area contributed by atoms with Crippen LogP contribution in [0.1, 0.15) is 46.0 Å². The first-order valence-electron chi connectivity index (χ1n) is 6.71. The average molecular weight is 242 g/mol. The number of hydrogen-bond donors (Lipinski definition) is 2. The molecule has 1 fully saturated rings. The Kier molecular flexibility index (Phi) is 6.52. The Morgan fingerprint density at radius 2 is 2.00 bits per heavy atom. The maximum Gasteiger partial charge on any atom is 0.246 e. The third-order valence-electron chi connectivity index (χ3n) is 3.21. The van der Waals surface area contributed by atoms with Gasteiger partial charge < -0.3 is 15.8 Å². The van der Waals surface area contributed by atoms with Gasteiger partial charge in [-0.3, -0.25) is 4.79 Å². The zero-order chi connectivity index (χ0) is 12.7. The van der Waals surface area contributed by atoms with Gasteiger partial charge in [0.25, 0.3) is 0 Å². The SMILES string of the molecule is CC(C)CCNC(=O)COC1CCC(N)CC1. The Hall–Kier alpha value is -0.610. The highest BCUT2D eigenvalue weighted by atomic mass is 16.5. The maximum atomic E-state index is 11.5. The molecule has 1 aliphatic rings. The third-order valence-corrected chi connectivity index (χ3v) is 3.21. The second-order valence-corrected chi connectivity index (χ2v) is 5.38. The van der Waals surface area contributed by atoms with Gasteiger partial charge in [0.05, 0.1) is 6.10 Å². The van der Waals surface area contributed by atoms with Crippen molar-refractivity contribution in [2.75, 3.05) is 13.2 Å². The van der Waals surface area contributed by atoms with Gasteiger partial charge in [0, 0.05) is 12.6 Å². The summed E-state index contributed by atoms with van der Waals surface area (Å²) in [5, 5.41) is 2.87. The Morgan fingerprint density at radius 1 is 1.35 bits per heavy atom. The highest BCUT2D eigenvalue weighted by Gasteiger charge is 2.19. The van der Waals surface area contributed by atoms with Crippen LogP contribution in [0, 0.1) is 5.92 Å². The normalized spacial score (nSPS) is 24.9. The van der Waals surface area contributed by atoms with Crippen LogP contribution in [-0.2, 0) is 9.53 Å². The first kappa shape index (κ1) is 14.5. The minimum atomic E-state index is 0.000483. The number of carbonyl (C=O) groups is 1. The fraction of sp³-hybridized carbons (Fsp3) is 0.923. The van der Waals surface area contributed by atoms with E-state index in [4.69, 9.17) is 10.5 Å². The fourth-order valence-electron chi connectivity index (χ4n) is 2.00. The van der Waals surface area contributed by atoms with E-state index in [-0.39, 0.29) is 18.6 Å². The molecule has 1 rings (SSSR count). The van der Waals surface area contributed by atoms with Gasteiger partial charge in [-0.05, 0) is 38.0 Å². The van der Waals surface area contributed by atoms with E-state index in [9.17, 15) is 4.79 Å². The first-order chi connectivity index (χ1) is 8.08. The molecule has 0 aromatic carbocycles. The van der Waals surface area contributed by atoms with E-state index in [2.05, 4.69) is 19.2 Å². The topological polar surface area (TPSA) is 64.3 Å². The van der Waals surface area contributed by atoms with E-state index >= 15 is 0 Å². The molecule has 4 nitrogen and oxygen atoms in total. The summed E-state index contributed by atoms with van der Waals surface area (Å²) in [6, 6.07) is 0.328. The quantitative estimate of drug-likeness (QED) is 0.740. The maximum absolute atomic E-state index is 11.5. The molecule has 0 aromatic rings. The molecule has 100 valence electrons. The summed E-state index contributed by atoms with van der Waals surface area (Å²) in [6.45, 7) is 5.23. The minimum Gasteiger partial charge on any atom is -0.368 e. The zero-order valence-corrected chi connectivity index (χ0v) is 11.1. The predicted octanol–water partition coefficient (Wildman–Crippen LogP) is 1.44. The molecule has 0 heterocycles. The smallest absolute Gasteiger partial charge is 0.246 e. The average Bonchev–Trinajstić information content (AvgIpc) is 2.28. The second kappa shape index (κ2) is 7.67. The van der Waals surface area contributed by atoms with Crippen LogP contribution >= 0.6 is 0 Å². The Balaban J connectivity index is 2.03. The lowest BCUT2D eigenvalue weighted by atomic mass is 9.94. The molecular formula is C13H26N2O2. The molecule has 0 radical (unpaired) electrons. The van der Waals surface area contributed by atoms with E-state index in [1.165, 1.54) is 0 Å². The molecule has 3 N–H and O–H groups in total. The summed E-state index contributed by atoms with van der Waals surface area (Å²) in [6.07, 6.45) is 5.25. The summed E-state index contributed by atoms with van der Waals surface area (Å²) in [5.74, 6) is 0.622. The van der Waals surface area contributed by atoms with E-state index in [0.29, 0.717) is 12.0 Å². The number of carbonyl (C=O) groups excluding carboxylic acids is 1. The molecule has 0 aliphatic heterocycles. The molecule has 17 heavy (non-hydrogen) atoms. The van der Waals surface area contributed by atoms with Gasteiger partial charge in [-0.25, -0.2) is 0 Å². The summed E-state index contributed by atoms with van der Waals surface area (Å²) in [4.78, 5) is 11.5. The zero-order valence-electron chi connectivity index (χ0n) is 11.1. The molecule has 0 bridgehead atoms. The van der Waals surface area contributed by atoms with Gasteiger partial charge in [-0.15, -0.1) is 0 Å². The molecule has 0 atom stereocenters. The van der Waals surface area contributed by atoms with Gasteiger partial charge in [-0.1, -0.05) is 13.8 Å². The molecule has 0 saturated heterocycles. The van der Waals surface area contributed by atoms with Crippen LogP contribution in [0.3, 0.4) is 0 Å². The lowest BCUT2D eigenvalue weighted by Gasteiger charge is -2.25. The van der Waals surface area contributed by atoms with E-state index < -0.39 is 0 Å². The van der Waals surface area contributed by atoms with Gasteiger partial charge in [0.2, 0.25) is 5.91 Å². The van der Waals surface area contributed by atoms with Crippen LogP contribution in [0.4, 0.5) is 0 Å². The molecule has 0 spiro atoms. The highest BCUT2D eigenvalue weighted by molar-refractivity contribution is 5.77. The summed E-state index contributed by atoms with van der Waals surface area (Å²) >= 11 is 0. The van der Waals surface area contributed by atoms with Crippen molar-refractivity contribution in [1.29, 1.82) is 0 Å². The van der Waals surface area contributed by atoms with Crippen molar-refractivity contribution in [2.24, 2.45) is 11.7 Å². The molecule has 0 unspecified atom stereocenters. The van der Waals surface area contributed by atoms with Crippen LogP contribution in [0.2, 0.25) is 0 Å². The number of amides is 1.